The molecule has 0 heterocycles. The molecule has 0 aliphatic carbocycles. The summed E-state index contributed by atoms with van der Waals surface area (Å²) in [6.45, 7) is -0.485. The highest BCUT2D eigenvalue weighted by Crippen LogP contribution is 2.19. The molecule has 0 atom stereocenters. The first kappa shape index (κ1) is 13.4. The lowest BCUT2D eigenvalue weighted by atomic mass is 10.3. The summed E-state index contributed by atoms with van der Waals surface area (Å²) in [5.41, 5.74) is 5.00. The van der Waals surface area contributed by atoms with Crippen molar-refractivity contribution in [1.29, 1.82) is 0 Å². The molecular formula is C10H11ClFN3O2. The molecule has 1 aromatic rings. The number of nitrogens with two attached hydrogens (primary N) is 1. The van der Waals surface area contributed by atoms with Crippen LogP contribution in [0.5, 0.6) is 0 Å². The van der Waals surface area contributed by atoms with E-state index < -0.39 is 17.6 Å². The predicted octanol–water partition coefficient (Wildman–Crippen LogP) is 0.492. The predicted molar refractivity (Wildman–Crippen MR) is 62.1 cm³/mol. The number of hydrogen-bond donors (Lipinski definition) is 3. The number of benzene rings is 1. The second kappa shape index (κ2) is 6.17. The third-order valence-electron chi connectivity index (χ3n) is 1.83. The molecule has 1 rings (SSSR count). The standard InChI is InChI=1S/C10H11ClFN3O2/c11-6-1-2-7(12)8(3-6)15-10(17)5-14-9(16)4-13/h1-3H,4-5,13H2,(H,14,16)(H,15,17). The maximum atomic E-state index is 13.2. The molecule has 17 heavy (non-hydrogen) atoms. The number of rotatable bonds is 4. The number of carbonyl (C=O) groups excluding carboxylic acids is 2. The van der Waals surface area contributed by atoms with Crippen molar-refractivity contribution >= 4 is 29.1 Å². The fourth-order valence-electron chi connectivity index (χ4n) is 1.04. The Balaban J connectivity index is 2.56. The van der Waals surface area contributed by atoms with Gasteiger partial charge in [0.25, 0.3) is 0 Å². The van der Waals surface area contributed by atoms with Gasteiger partial charge in [-0.25, -0.2) is 4.39 Å². The lowest BCUT2D eigenvalue weighted by Crippen LogP contribution is -2.36. The lowest BCUT2D eigenvalue weighted by molar-refractivity contribution is -0.123. The van der Waals surface area contributed by atoms with Gasteiger partial charge in [0, 0.05) is 5.02 Å². The Kier molecular flexibility index (Phi) is 4.86. The average Bonchev–Trinajstić information content (AvgIpc) is 2.30. The zero-order chi connectivity index (χ0) is 12.8. The molecule has 0 bridgehead atoms. The van der Waals surface area contributed by atoms with Crippen molar-refractivity contribution < 1.29 is 14.0 Å². The summed E-state index contributed by atoms with van der Waals surface area (Å²) in [7, 11) is 0. The molecule has 2 amide bonds. The van der Waals surface area contributed by atoms with Crippen molar-refractivity contribution in [2.75, 3.05) is 18.4 Å². The monoisotopic (exact) mass is 259 g/mol. The largest absolute Gasteiger partial charge is 0.346 e. The van der Waals surface area contributed by atoms with E-state index in [9.17, 15) is 14.0 Å². The number of halogens is 2. The second-order valence-electron chi connectivity index (χ2n) is 3.15. The summed E-state index contributed by atoms with van der Waals surface area (Å²) >= 11 is 5.65. The van der Waals surface area contributed by atoms with Crippen LogP contribution < -0.4 is 16.4 Å². The van der Waals surface area contributed by atoms with E-state index in [0.717, 1.165) is 6.07 Å². The van der Waals surface area contributed by atoms with Crippen molar-refractivity contribution in [3.05, 3.63) is 29.0 Å². The average molecular weight is 260 g/mol. The van der Waals surface area contributed by atoms with Crippen LogP contribution in [0.2, 0.25) is 5.02 Å². The molecular weight excluding hydrogens is 249 g/mol. The molecule has 5 nitrogen and oxygen atoms in total. The van der Waals surface area contributed by atoms with E-state index in [-0.39, 0.29) is 18.8 Å². The van der Waals surface area contributed by atoms with E-state index in [0.29, 0.717) is 5.02 Å². The molecule has 0 saturated carbocycles. The first-order valence-electron chi connectivity index (χ1n) is 4.74. The molecule has 0 radical (unpaired) electrons. The van der Waals surface area contributed by atoms with E-state index in [1.54, 1.807) is 0 Å². The molecule has 92 valence electrons. The van der Waals surface area contributed by atoms with Gasteiger partial charge < -0.3 is 16.4 Å². The minimum Gasteiger partial charge on any atom is -0.346 e. The lowest BCUT2D eigenvalue weighted by Gasteiger charge is -2.07. The highest BCUT2D eigenvalue weighted by molar-refractivity contribution is 6.30. The Labute approximate surface area is 102 Å². The summed E-state index contributed by atoms with van der Waals surface area (Å²) in [4.78, 5) is 22.1. The zero-order valence-electron chi connectivity index (χ0n) is 8.80. The number of nitrogens with one attached hydrogen (secondary N) is 2. The first-order valence-corrected chi connectivity index (χ1v) is 5.12. The molecule has 0 aromatic heterocycles. The molecule has 4 N–H and O–H groups in total. The van der Waals surface area contributed by atoms with Crippen LogP contribution in [0.3, 0.4) is 0 Å². The van der Waals surface area contributed by atoms with E-state index in [1.165, 1.54) is 12.1 Å². The van der Waals surface area contributed by atoms with Crippen molar-refractivity contribution in [1.82, 2.24) is 5.32 Å². The van der Waals surface area contributed by atoms with Gasteiger partial charge in [0.1, 0.15) is 5.82 Å². The minimum absolute atomic E-state index is 0.0375. The summed E-state index contributed by atoms with van der Waals surface area (Å²) in [6.07, 6.45) is 0. The summed E-state index contributed by atoms with van der Waals surface area (Å²) < 4.78 is 13.2. The number of hydrogen-bond acceptors (Lipinski definition) is 3. The smallest absolute Gasteiger partial charge is 0.243 e. The minimum atomic E-state index is -0.604. The summed E-state index contributed by atoms with van der Waals surface area (Å²) in [5, 5.41) is 4.83. The van der Waals surface area contributed by atoms with Crippen molar-refractivity contribution in [2.45, 2.75) is 0 Å². The third kappa shape index (κ3) is 4.38. The molecule has 0 fully saturated rings. The maximum Gasteiger partial charge on any atom is 0.243 e. The summed E-state index contributed by atoms with van der Waals surface area (Å²) in [5.74, 6) is -1.63. The fourth-order valence-corrected chi connectivity index (χ4v) is 1.21. The van der Waals surface area contributed by atoms with Crippen molar-refractivity contribution in [3.63, 3.8) is 0 Å². The highest BCUT2D eigenvalue weighted by atomic mass is 35.5. The third-order valence-corrected chi connectivity index (χ3v) is 2.07. The van der Waals surface area contributed by atoms with Crippen LogP contribution in [-0.2, 0) is 9.59 Å². The van der Waals surface area contributed by atoms with Gasteiger partial charge in [0.15, 0.2) is 0 Å². The Morgan fingerprint density at radius 1 is 1.35 bits per heavy atom. The number of carbonyl (C=O) groups is 2. The Morgan fingerprint density at radius 3 is 2.71 bits per heavy atom. The first-order chi connectivity index (χ1) is 8.02. The van der Waals surface area contributed by atoms with E-state index in [1.807, 2.05) is 0 Å². The van der Waals surface area contributed by atoms with Gasteiger partial charge in [0.2, 0.25) is 11.8 Å². The topological polar surface area (TPSA) is 84.2 Å². The SMILES string of the molecule is NCC(=O)NCC(=O)Nc1cc(Cl)ccc1F. The number of anilines is 1. The zero-order valence-corrected chi connectivity index (χ0v) is 9.55. The molecule has 7 heteroatoms. The van der Waals surface area contributed by atoms with Crippen LogP contribution in [0.1, 0.15) is 0 Å². The van der Waals surface area contributed by atoms with Crippen LogP contribution in [0.25, 0.3) is 0 Å². The van der Waals surface area contributed by atoms with Gasteiger partial charge in [-0.2, -0.15) is 0 Å². The molecule has 0 unspecified atom stereocenters. The van der Waals surface area contributed by atoms with Gasteiger partial charge in [-0.05, 0) is 18.2 Å². The fraction of sp³-hybridized carbons (Fsp3) is 0.200. The van der Waals surface area contributed by atoms with Crippen LogP contribution in [0, 0.1) is 5.82 Å². The van der Waals surface area contributed by atoms with Crippen LogP contribution in [0.4, 0.5) is 10.1 Å². The maximum absolute atomic E-state index is 13.2. The van der Waals surface area contributed by atoms with Crippen LogP contribution >= 0.6 is 11.6 Å². The number of amides is 2. The van der Waals surface area contributed by atoms with Crippen LogP contribution in [0.15, 0.2) is 18.2 Å². The Bertz CT molecular complexity index is 440. The highest BCUT2D eigenvalue weighted by Gasteiger charge is 2.08. The summed E-state index contributed by atoms with van der Waals surface area (Å²) in [6, 6.07) is 3.78. The van der Waals surface area contributed by atoms with Gasteiger partial charge in [0.05, 0.1) is 18.8 Å². The molecule has 0 aliphatic heterocycles. The molecule has 1 aromatic carbocycles. The van der Waals surface area contributed by atoms with Crippen molar-refractivity contribution in [2.24, 2.45) is 5.73 Å². The second-order valence-corrected chi connectivity index (χ2v) is 3.59. The van der Waals surface area contributed by atoms with E-state index in [4.69, 9.17) is 17.3 Å². The quantitative estimate of drug-likeness (QED) is 0.736. The Hall–Kier alpha value is -1.66. The Morgan fingerprint density at radius 2 is 2.06 bits per heavy atom. The van der Waals surface area contributed by atoms with Gasteiger partial charge in [-0.15, -0.1) is 0 Å². The van der Waals surface area contributed by atoms with Gasteiger partial charge in [-0.1, -0.05) is 11.6 Å². The van der Waals surface area contributed by atoms with Crippen molar-refractivity contribution in [3.8, 4) is 0 Å². The molecule has 0 spiro atoms. The van der Waals surface area contributed by atoms with Crippen LogP contribution in [-0.4, -0.2) is 24.9 Å². The van der Waals surface area contributed by atoms with Gasteiger partial charge in [-0.3, -0.25) is 9.59 Å². The normalized spacial score (nSPS) is 9.82. The van der Waals surface area contributed by atoms with E-state index >= 15 is 0 Å². The van der Waals surface area contributed by atoms with E-state index in [2.05, 4.69) is 10.6 Å². The molecule has 0 saturated heterocycles. The van der Waals surface area contributed by atoms with Gasteiger partial charge >= 0.3 is 0 Å². The molecule has 0 aliphatic rings.